The number of para-hydroxylation sites is 1. The fourth-order valence-electron chi connectivity index (χ4n) is 1.53. The highest BCUT2D eigenvalue weighted by molar-refractivity contribution is 6.04. The molecule has 0 aliphatic carbocycles. The fraction of sp³-hybridized carbons (Fsp3) is 0.0909. The summed E-state index contributed by atoms with van der Waals surface area (Å²) in [5.74, 6) is -1.77. The number of carbonyl (C=O) groups is 1. The lowest BCUT2D eigenvalue weighted by atomic mass is 10.1. The van der Waals surface area contributed by atoms with E-state index in [2.05, 4.69) is 9.72 Å². The number of aromatic carboxylic acids is 1. The number of benzene rings is 1. The Morgan fingerprint density at radius 3 is 2.71 bits per heavy atom. The number of hydrogen-bond donors (Lipinski definition) is 1. The second kappa shape index (κ2) is 4.32. The summed E-state index contributed by atoms with van der Waals surface area (Å²) in [5, 5.41) is 9.29. The molecule has 0 bridgehead atoms. The maximum absolute atomic E-state index is 12.1. The van der Waals surface area contributed by atoms with E-state index in [1.54, 1.807) is 18.2 Å². The van der Waals surface area contributed by atoms with Crippen LogP contribution in [0.25, 0.3) is 10.9 Å². The summed E-state index contributed by atoms with van der Waals surface area (Å²) in [5.41, 5.74) is 0.0995. The first-order chi connectivity index (χ1) is 8.09. The van der Waals surface area contributed by atoms with Gasteiger partial charge in [0.05, 0.1) is 11.7 Å². The summed E-state index contributed by atoms with van der Waals surface area (Å²) in [6.45, 7) is -3.09. The van der Waals surface area contributed by atoms with Gasteiger partial charge in [0.2, 0.25) is 0 Å². The van der Waals surface area contributed by atoms with Crippen molar-refractivity contribution in [3.63, 3.8) is 0 Å². The second-order valence-electron chi connectivity index (χ2n) is 3.20. The molecule has 0 radical (unpaired) electrons. The number of aromatic nitrogens is 1. The van der Waals surface area contributed by atoms with Gasteiger partial charge in [-0.15, -0.1) is 0 Å². The molecule has 0 fully saturated rings. The van der Waals surface area contributed by atoms with Crippen LogP contribution in [-0.2, 0) is 0 Å². The number of hydrogen-bond acceptors (Lipinski definition) is 3. The third-order valence-electron chi connectivity index (χ3n) is 2.17. The van der Waals surface area contributed by atoms with Crippen molar-refractivity contribution < 1.29 is 23.4 Å². The van der Waals surface area contributed by atoms with Gasteiger partial charge in [-0.1, -0.05) is 18.2 Å². The van der Waals surface area contributed by atoms with Gasteiger partial charge in [-0.2, -0.15) is 8.78 Å². The number of nitrogens with zero attached hydrogens (tertiary/aromatic N) is 1. The molecular weight excluding hydrogens is 232 g/mol. The molecule has 0 amide bonds. The van der Waals surface area contributed by atoms with Gasteiger partial charge in [0.1, 0.15) is 5.56 Å². The predicted octanol–water partition coefficient (Wildman–Crippen LogP) is 2.53. The van der Waals surface area contributed by atoms with Crippen LogP contribution in [0.15, 0.2) is 30.5 Å². The van der Waals surface area contributed by atoms with E-state index in [1.165, 1.54) is 6.07 Å². The maximum Gasteiger partial charge on any atom is 0.387 e. The van der Waals surface area contributed by atoms with E-state index < -0.39 is 18.3 Å². The number of ether oxygens (including phenoxy) is 1. The molecule has 88 valence electrons. The zero-order valence-electron chi connectivity index (χ0n) is 8.43. The molecule has 17 heavy (non-hydrogen) atoms. The van der Waals surface area contributed by atoms with E-state index in [9.17, 15) is 13.6 Å². The minimum absolute atomic E-state index is 0.262. The molecule has 1 aromatic heterocycles. The third kappa shape index (κ3) is 2.15. The van der Waals surface area contributed by atoms with Crippen LogP contribution in [0.2, 0.25) is 0 Å². The lowest BCUT2D eigenvalue weighted by Gasteiger charge is -2.09. The van der Waals surface area contributed by atoms with E-state index in [-0.39, 0.29) is 10.9 Å². The molecule has 0 atom stereocenters. The molecule has 1 N–H and O–H groups in total. The monoisotopic (exact) mass is 239 g/mol. The molecule has 0 saturated heterocycles. The Morgan fingerprint density at radius 2 is 2.06 bits per heavy atom. The van der Waals surface area contributed by atoms with Crippen LogP contribution in [0.1, 0.15) is 10.4 Å². The summed E-state index contributed by atoms with van der Waals surface area (Å²) in [6.07, 6.45) is 0.984. The molecule has 0 aliphatic heterocycles. The Labute approximate surface area is 94.5 Å². The summed E-state index contributed by atoms with van der Waals surface area (Å²) >= 11 is 0. The van der Waals surface area contributed by atoms with Gasteiger partial charge >= 0.3 is 12.6 Å². The van der Waals surface area contributed by atoms with Crippen LogP contribution in [0.3, 0.4) is 0 Å². The molecule has 1 heterocycles. The average Bonchev–Trinajstić information content (AvgIpc) is 2.27. The van der Waals surface area contributed by atoms with Crippen LogP contribution in [0.4, 0.5) is 8.78 Å². The molecule has 2 rings (SSSR count). The number of pyridine rings is 1. The van der Waals surface area contributed by atoms with Crippen molar-refractivity contribution in [3.05, 3.63) is 36.0 Å². The number of alkyl halides is 2. The van der Waals surface area contributed by atoms with Crippen LogP contribution in [-0.4, -0.2) is 22.7 Å². The first-order valence-electron chi connectivity index (χ1n) is 4.65. The van der Waals surface area contributed by atoms with Gasteiger partial charge in [0.15, 0.2) is 5.75 Å². The molecular formula is C11H7F2NO3. The minimum atomic E-state index is -3.09. The van der Waals surface area contributed by atoms with Gasteiger partial charge in [0.25, 0.3) is 0 Å². The Kier molecular flexibility index (Phi) is 2.86. The van der Waals surface area contributed by atoms with Crippen molar-refractivity contribution in [1.29, 1.82) is 0 Å². The van der Waals surface area contributed by atoms with Crippen molar-refractivity contribution in [2.24, 2.45) is 0 Å². The zero-order valence-corrected chi connectivity index (χ0v) is 8.43. The van der Waals surface area contributed by atoms with E-state index in [0.29, 0.717) is 5.52 Å². The molecule has 0 unspecified atom stereocenters. The van der Waals surface area contributed by atoms with Crippen molar-refractivity contribution in [1.82, 2.24) is 4.98 Å². The molecule has 1 aromatic carbocycles. The normalized spacial score (nSPS) is 10.8. The number of rotatable bonds is 3. The molecule has 0 aliphatic rings. The SMILES string of the molecule is O=C(O)c1c(OC(F)F)cnc2ccccc12. The zero-order chi connectivity index (χ0) is 12.4. The highest BCUT2D eigenvalue weighted by Crippen LogP contribution is 2.27. The van der Waals surface area contributed by atoms with Crippen molar-refractivity contribution in [2.45, 2.75) is 6.61 Å². The van der Waals surface area contributed by atoms with Crippen LogP contribution in [0, 0.1) is 0 Å². The van der Waals surface area contributed by atoms with Crippen LogP contribution < -0.4 is 4.74 Å². The second-order valence-corrected chi connectivity index (χ2v) is 3.20. The fourth-order valence-corrected chi connectivity index (χ4v) is 1.53. The van der Waals surface area contributed by atoms with Crippen LogP contribution >= 0.6 is 0 Å². The standard InChI is InChI=1S/C11H7F2NO3/c12-11(13)17-8-5-14-7-4-2-1-3-6(7)9(8)10(15)16/h1-5,11H,(H,15,16). The Balaban J connectivity index is 2.68. The number of carboxylic acids is 1. The van der Waals surface area contributed by atoms with Crippen molar-refractivity contribution in [3.8, 4) is 5.75 Å². The Morgan fingerprint density at radius 1 is 1.35 bits per heavy atom. The number of carboxylic acid groups (broad SMARTS) is 1. The number of fused-ring (bicyclic) bond motifs is 1. The molecule has 6 heteroatoms. The molecule has 2 aromatic rings. The Bertz CT molecular complexity index is 572. The van der Waals surface area contributed by atoms with Crippen LogP contribution in [0.5, 0.6) is 5.75 Å². The van der Waals surface area contributed by atoms with Gasteiger partial charge in [-0.25, -0.2) is 4.79 Å². The summed E-state index contributed by atoms with van der Waals surface area (Å²) < 4.78 is 28.4. The third-order valence-corrected chi connectivity index (χ3v) is 2.17. The lowest BCUT2D eigenvalue weighted by Crippen LogP contribution is -2.08. The van der Waals surface area contributed by atoms with E-state index in [1.807, 2.05) is 0 Å². The summed E-state index contributed by atoms with van der Waals surface area (Å²) in [4.78, 5) is 14.9. The minimum Gasteiger partial charge on any atom is -0.478 e. The largest absolute Gasteiger partial charge is 0.478 e. The summed E-state index contributed by atoms with van der Waals surface area (Å²) in [7, 11) is 0. The van der Waals surface area contributed by atoms with Crippen molar-refractivity contribution >= 4 is 16.9 Å². The highest BCUT2D eigenvalue weighted by atomic mass is 19.3. The van der Waals surface area contributed by atoms with Gasteiger partial charge < -0.3 is 9.84 Å². The first-order valence-corrected chi connectivity index (χ1v) is 4.65. The molecule has 4 nitrogen and oxygen atoms in total. The summed E-state index contributed by atoms with van der Waals surface area (Å²) in [6, 6.07) is 6.36. The predicted molar refractivity (Wildman–Crippen MR) is 55.3 cm³/mol. The molecule has 0 saturated carbocycles. The maximum atomic E-state index is 12.1. The van der Waals surface area contributed by atoms with Gasteiger partial charge in [-0.05, 0) is 6.07 Å². The topological polar surface area (TPSA) is 59.4 Å². The van der Waals surface area contributed by atoms with E-state index >= 15 is 0 Å². The van der Waals surface area contributed by atoms with Crippen molar-refractivity contribution in [2.75, 3.05) is 0 Å². The van der Waals surface area contributed by atoms with E-state index in [0.717, 1.165) is 6.20 Å². The quantitative estimate of drug-likeness (QED) is 0.894. The molecule has 0 spiro atoms. The Hall–Kier alpha value is -2.24. The van der Waals surface area contributed by atoms with E-state index in [4.69, 9.17) is 5.11 Å². The average molecular weight is 239 g/mol. The van der Waals surface area contributed by atoms with Gasteiger partial charge in [-0.3, -0.25) is 4.98 Å². The lowest BCUT2D eigenvalue weighted by molar-refractivity contribution is -0.0504. The van der Waals surface area contributed by atoms with Gasteiger partial charge in [0, 0.05) is 5.39 Å². The highest BCUT2D eigenvalue weighted by Gasteiger charge is 2.18. The smallest absolute Gasteiger partial charge is 0.387 e. The first kappa shape index (κ1) is 11.3. The number of halogens is 2.